The van der Waals surface area contributed by atoms with Gasteiger partial charge < -0.3 is 16.8 Å². The standard InChI is InChI=1S/C15H25N3O/c1-3-4-5-6-8-11(2)18-13-10-7-9-12(14(13)16)15(17)19/h7,9-11,18H,3-6,8,16H2,1-2H3,(H2,17,19). The number of amides is 1. The molecule has 0 fully saturated rings. The molecule has 0 heterocycles. The fraction of sp³-hybridized carbons (Fsp3) is 0.533. The van der Waals surface area contributed by atoms with E-state index in [4.69, 9.17) is 11.5 Å². The maximum atomic E-state index is 11.2. The van der Waals surface area contributed by atoms with Gasteiger partial charge in [-0.2, -0.15) is 0 Å². The quantitative estimate of drug-likeness (QED) is 0.498. The molecule has 0 radical (unpaired) electrons. The Hall–Kier alpha value is -1.71. The van der Waals surface area contributed by atoms with Crippen LogP contribution in [0.5, 0.6) is 0 Å². The van der Waals surface area contributed by atoms with Gasteiger partial charge in [0.2, 0.25) is 0 Å². The van der Waals surface area contributed by atoms with E-state index in [0.717, 1.165) is 12.1 Å². The summed E-state index contributed by atoms with van der Waals surface area (Å²) in [4.78, 5) is 11.2. The van der Waals surface area contributed by atoms with Gasteiger partial charge in [0, 0.05) is 6.04 Å². The molecular formula is C15H25N3O. The van der Waals surface area contributed by atoms with Crippen LogP contribution >= 0.6 is 0 Å². The van der Waals surface area contributed by atoms with Crippen molar-refractivity contribution in [3.63, 3.8) is 0 Å². The zero-order valence-corrected chi connectivity index (χ0v) is 11.9. The maximum absolute atomic E-state index is 11.2. The summed E-state index contributed by atoms with van der Waals surface area (Å²) in [5, 5.41) is 3.35. The minimum atomic E-state index is -0.489. The summed E-state index contributed by atoms with van der Waals surface area (Å²) in [6.07, 6.45) is 6.10. The fourth-order valence-electron chi connectivity index (χ4n) is 2.12. The van der Waals surface area contributed by atoms with Crippen molar-refractivity contribution in [3.8, 4) is 0 Å². The number of benzene rings is 1. The first-order valence-electron chi connectivity index (χ1n) is 7.01. The van der Waals surface area contributed by atoms with Gasteiger partial charge in [0.15, 0.2) is 0 Å². The highest BCUT2D eigenvalue weighted by atomic mass is 16.1. The lowest BCUT2D eigenvalue weighted by Gasteiger charge is -2.17. The van der Waals surface area contributed by atoms with Crippen LogP contribution in [-0.2, 0) is 0 Å². The molecule has 0 aliphatic carbocycles. The normalized spacial score (nSPS) is 12.1. The van der Waals surface area contributed by atoms with Gasteiger partial charge in [0.05, 0.1) is 16.9 Å². The number of rotatable bonds is 8. The number of unbranched alkanes of at least 4 members (excludes halogenated alkanes) is 3. The molecule has 19 heavy (non-hydrogen) atoms. The van der Waals surface area contributed by atoms with E-state index < -0.39 is 5.91 Å². The third-order valence-corrected chi connectivity index (χ3v) is 3.26. The smallest absolute Gasteiger partial charge is 0.250 e. The van der Waals surface area contributed by atoms with Gasteiger partial charge in [0.25, 0.3) is 5.91 Å². The van der Waals surface area contributed by atoms with Crippen molar-refractivity contribution in [1.29, 1.82) is 0 Å². The third kappa shape index (κ3) is 4.81. The number of hydrogen-bond donors (Lipinski definition) is 3. The van der Waals surface area contributed by atoms with Crippen LogP contribution in [0.15, 0.2) is 18.2 Å². The zero-order chi connectivity index (χ0) is 14.3. The molecule has 4 heteroatoms. The molecule has 1 aromatic rings. The Bertz CT molecular complexity index is 418. The molecule has 1 amide bonds. The number of hydrogen-bond acceptors (Lipinski definition) is 3. The fourth-order valence-corrected chi connectivity index (χ4v) is 2.12. The Morgan fingerprint density at radius 1 is 1.32 bits per heavy atom. The average molecular weight is 263 g/mol. The molecule has 0 saturated carbocycles. The molecular weight excluding hydrogens is 238 g/mol. The van der Waals surface area contributed by atoms with Crippen molar-refractivity contribution >= 4 is 17.3 Å². The zero-order valence-electron chi connectivity index (χ0n) is 11.9. The number of primary amides is 1. The largest absolute Gasteiger partial charge is 0.396 e. The highest BCUT2D eigenvalue weighted by molar-refractivity contribution is 6.00. The van der Waals surface area contributed by atoms with E-state index in [9.17, 15) is 4.79 Å². The SMILES string of the molecule is CCCCCCC(C)Nc1cccc(C(N)=O)c1N. The number of carbonyl (C=O) groups excluding carboxylic acids is 1. The monoisotopic (exact) mass is 263 g/mol. The predicted octanol–water partition coefficient (Wildman–Crippen LogP) is 3.14. The molecule has 1 rings (SSSR count). The van der Waals surface area contributed by atoms with Crippen LogP contribution in [0.1, 0.15) is 56.3 Å². The number of anilines is 2. The minimum Gasteiger partial charge on any atom is -0.396 e. The first kappa shape index (κ1) is 15.3. The highest BCUT2D eigenvalue weighted by Gasteiger charge is 2.10. The topological polar surface area (TPSA) is 81.1 Å². The summed E-state index contributed by atoms with van der Waals surface area (Å²) in [5.74, 6) is -0.489. The summed E-state index contributed by atoms with van der Waals surface area (Å²) in [6, 6.07) is 5.66. The number of nitrogen functional groups attached to an aromatic ring is 1. The Morgan fingerprint density at radius 3 is 2.68 bits per heavy atom. The van der Waals surface area contributed by atoms with Gasteiger partial charge in [-0.05, 0) is 25.5 Å². The summed E-state index contributed by atoms with van der Waals surface area (Å²) >= 11 is 0. The number of para-hydroxylation sites is 1. The number of nitrogens with one attached hydrogen (secondary N) is 1. The molecule has 0 aromatic heterocycles. The van der Waals surface area contributed by atoms with Crippen LogP contribution in [0.3, 0.4) is 0 Å². The molecule has 0 bridgehead atoms. The lowest BCUT2D eigenvalue weighted by atomic mass is 10.1. The van der Waals surface area contributed by atoms with Crippen LogP contribution in [0.25, 0.3) is 0 Å². The second-order valence-electron chi connectivity index (χ2n) is 5.03. The second kappa shape index (κ2) is 7.67. The number of nitrogens with two attached hydrogens (primary N) is 2. The van der Waals surface area contributed by atoms with E-state index >= 15 is 0 Å². The van der Waals surface area contributed by atoms with E-state index in [1.165, 1.54) is 25.7 Å². The first-order chi connectivity index (χ1) is 9.06. The molecule has 5 N–H and O–H groups in total. The van der Waals surface area contributed by atoms with Crippen LogP contribution in [0.2, 0.25) is 0 Å². The molecule has 0 saturated heterocycles. The highest BCUT2D eigenvalue weighted by Crippen LogP contribution is 2.23. The van der Waals surface area contributed by atoms with E-state index in [1.807, 2.05) is 6.07 Å². The van der Waals surface area contributed by atoms with E-state index in [2.05, 4.69) is 19.2 Å². The van der Waals surface area contributed by atoms with Crippen LogP contribution < -0.4 is 16.8 Å². The van der Waals surface area contributed by atoms with Crippen molar-refractivity contribution in [2.75, 3.05) is 11.1 Å². The summed E-state index contributed by atoms with van der Waals surface area (Å²) in [6.45, 7) is 4.33. The molecule has 106 valence electrons. The lowest BCUT2D eigenvalue weighted by molar-refractivity contribution is 0.100. The van der Waals surface area contributed by atoms with Crippen molar-refractivity contribution in [2.24, 2.45) is 5.73 Å². The van der Waals surface area contributed by atoms with E-state index in [-0.39, 0.29) is 0 Å². The van der Waals surface area contributed by atoms with Crippen molar-refractivity contribution in [2.45, 2.75) is 52.0 Å². The number of carbonyl (C=O) groups is 1. The Labute approximate surface area is 115 Å². The summed E-state index contributed by atoms with van der Waals surface area (Å²) in [7, 11) is 0. The van der Waals surface area contributed by atoms with Crippen LogP contribution in [0, 0.1) is 0 Å². The molecule has 0 aliphatic heterocycles. The molecule has 0 spiro atoms. The molecule has 0 aliphatic rings. The maximum Gasteiger partial charge on any atom is 0.250 e. The van der Waals surface area contributed by atoms with Crippen molar-refractivity contribution in [3.05, 3.63) is 23.8 Å². The first-order valence-corrected chi connectivity index (χ1v) is 7.01. The second-order valence-corrected chi connectivity index (χ2v) is 5.03. The molecule has 1 aromatic carbocycles. The van der Waals surface area contributed by atoms with Gasteiger partial charge in [0.1, 0.15) is 0 Å². The summed E-state index contributed by atoms with van der Waals surface area (Å²) < 4.78 is 0. The van der Waals surface area contributed by atoms with Crippen molar-refractivity contribution in [1.82, 2.24) is 0 Å². The lowest BCUT2D eigenvalue weighted by Crippen LogP contribution is -2.19. The van der Waals surface area contributed by atoms with E-state index in [0.29, 0.717) is 17.3 Å². The molecule has 1 unspecified atom stereocenters. The minimum absolute atomic E-state index is 0.335. The predicted molar refractivity (Wildman–Crippen MR) is 81.2 cm³/mol. The van der Waals surface area contributed by atoms with Crippen molar-refractivity contribution < 1.29 is 4.79 Å². The van der Waals surface area contributed by atoms with E-state index in [1.54, 1.807) is 12.1 Å². The van der Waals surface area contributed by atoms with Gasteiger partial charge >= 0.3 is 0 Å². The third-order valence-electron chi connectivity index (χ3n) is 3.26. The Morgan fingerprint density at radius 2 is 2.05 bits per heavy atom. The van der Waals surface area contributed by atoms with Crippen LogP contribution in [0.4, 0.5) is 11.4 Å². The Balaban J connectivity index is 2.57. The van der Waals surface area contributed by atoms with Gasteiger partial charge in [-0.15, -0.1) is 0 Å². The van der Waals surface area contributed by atoms with Gasteiger partial charge in [-0.1, -0.05) is 38.7 Å². The van der Waals surface area contributed by atoms with Gasteiger partial charge in [-0.25, -0.2) is 0 Å². The molecule has 1 atom stereocenters. The summed E-state index contributed by atoms with van der Waals surface area (Å²) in [5.41, 5.74) is 12.8. The Kier molecular flexibility index (Phi) is 6.19. The molecule has 4 nitrogen and oxygen atoms in total. The van der Waals surface area contributed by atoms with Gasteiger partial charge in [-0.3, -0.25) is 4.79 Å². The average Bonchev–Trinajstić information content (AvgIpc) is 2.37. The van der Waals surface area contributed by atoms with Crippen LogP contribution in [-0.4, -0.2) is 11.9 Å².